The standard InChI is InChI=1S/C26H19N5O2/c1-33-19-13-11-18(12-14-19)31-16-27-24-22(26(31)32)23-25(29-21-10-6-5-9-20(21)28-23)30(24)15-17-7-3-2-4-8-17/h2-14,16H,15H2,1H3. The lowest BCUT2D eigenvalue weighted by Crippen LogP contribution is -2.19. The van der Waals surface area contributed by atoms with Crippen LogP contribution in [0, 0.1) is 0 Å². The Morgan fingerprint density at radius 3 is 2.24 bits per heavy atom. The van der Waals surface area contributed by atoms with Crippen LogP contribution in [0.25, 0.3) is 38.9 Å². The van der Waals surface area contributed by atoms with Crippen LogP contribution >= 0.6 is 0 Å². The number of aromatic nitrogens is 5. The molecule has 0 aliphatic heterocycles. The minimum absolute atomic E-state index is 0.188. The van der Waals surface area contributed by atoms with Crippen molar-refractivity contribution >= 4 is 33.2 Å². The largest absolute Gasteiger partial charge is 0.497 e. The molecule has 0 aliphatic rings. The van der Waals surface area contributed by atoms with Crippen LogP contribution < -0.4 is 10.3 Å². The summed E-state index contributed by atoms with van der Waals surface area (Å²) in [5.41, 5.74) is 4.89. The van der Waals surface area contributed by atoms with Gasteiger partial charge in [0.25, 0.3) is 5.56 Å². The molecule has 6 rings (SSSR count). The molecular formula is C26H19N5O2. The third-order valence-electron chi connectivity index (χ3n) is 5.79. The van der Waals surface area contributed by atoms with Crippen molar-refractivity contribution in [1.29, 1.82) is 0 Å². The fourth-order valence-corrected chi connectivity index (χ4v) is 4.15. The van der Waals surface area contributed by atoms with Crippen molar-refractivity contribution in [3.05, 3.63) is 101 Å². The first-order valence-corrected chi connectivity index (χ1v) is 10.6. The van der Waals surface area contributed by atoms with E-state index in [1.165, 1.54) is 4.57 Å². The maximum Gasteiger partial charge on any atom is 0.269 e. The van der Waals surface area contributed by atoms with Crippen LogP contribution in [0.5, 0.6) is 5.75 Å². The first-order valence-electron chi connectivity index (χ1n) is 10.6. The first-order chi connectivity index (χ1) is 16.2. The number of benzene rings is 3. The summed E-state index contributed by atoms with van der Waals surface area (Å²) >= 11 is 0. The molecule has 0 aliphatic carbocycles. The number of para-hydroxylation sites is 2. The molecule has 6 aromatic rings. The third kappa shape index (κ3) is 3.13. The van der Waals surface area contributed by atoms with Gasteiger partial charge in [-0.2, -0.15) is 0 Å². The number of ether oxygens (including phenoxy) is 1. The van der Waals surface area contributed by atoms with Crippen molar-refractivity contribution in [1.82, 2.24) is 24.1 Å². The molecule has 0 unspecified atom stereocenters. The number of nitrogens with zero attached hydrogens (tertiary/aromatic N) is 5. The summed E-state index contributed by atoms with van der Waals surface area (Å²) in [4.78, 5) is 28.1. The molecule has 0 N–H and O–H groups in total. The Morgan fingerprint density at radius 2 is 1.52 bits per heavy atom. The number of fused-ring (bicyclic) bond motifs is 4. The predicted octanol–water partition coefficient (Wildman–Crippen LogP) is 4.34. The molecular weight excluding hydrogens is 414 g/mol. The van der Waals surface area contributed by atoms with Crippen LogP contribution in [0.3, 0.4) is 0 Å². The van der Waals surface area contributed by atoms with Gasteiger partial charge in [-0.25, -0.2) is 15.0 Å². The van der Waals surface area contributed by atoms with Gasteiger partial charge < -0.3 is 9.30 Å². The van der Waals surface area contributed by atoms with Gasteiger partial charge in [-0.15, -0.1) is 0 Å². The normalized spacial score (nSPS) is 11.4. The van der Waals surface area contributed by atoms with Crippen LogP contribution in [0.2, 0.25) is 0 Å². The van der Waals surface area contributed by atoms with E-state index in [4.69, 9.17) is 19.7 Å². The summed E-state index contributed by atoms with van der Waals surface area (Å²) in [6.07, 6.45) is 1.56. The van der Waals surface area contributed by atoms with Gasteiger partial charge in [0.1, 0.15) is 23.0 Å². The van der Waals surface area contributed by atoms with E-state index in [2.05, 4.69) is 0 Å². The maximum absolute atomic E-state index is 13.7. The van der Waals surface area contributed by atoms with Crippen molar-refractivity contribution in [2.75, 3.05) is 7.11 Å². The van der Waals surface area contributed by atoms with E-state index in [1.54, 1.807) is 13.4 Å². The van der Waals surface area contributed by atoms with Crippen molar-refractivity contribution in [2.45, 2.75) is 6.54 Å². The molecule has 0 spiro atoms. The Labute approximate surface area is 188 Å². The average molecular weight is 433 g/mol. The molecule has 0 bridgehead atoms. The van der Waals surface area contributed by atoms with Gasteiger partial charge in [0.15, 0.2) is 11.3 Å². The highest BCUT2D eigenvalue weighted by molar-refractivity contribution is 6.04. The van der Waals surface area contributed by atoms with E-state index in [1.807, 2.05) is 83.4 Å². The predicted molar refractivity (Wildman–Crippen MR) is 128 cm³/mol. The maximum atomic E-state index is 13.7. The van der Waals surface area contributed by atoms with Gasteiger partial charge in [-0.05, 0) is 42.0 Å². The van der Waals surface area contributed by atoms with Gasteiger partial charge in [-0.1, -0.05) is 42.5 Å². The van der Waals surface area contributed by atoms with E-state index in [0.29, 0.717) is 34.4 Å². The average Bonchev–Trinajstić information content (AvgIpc) is 3.16. The zero-order valence-corrected chi connectivity index (χ0v) is 17.8. The lowest BCUT2D eigenvalue weighted by atomic mass is 10.2. The SMILES string of the molecule is COc1ccc(-n2cnc3c(c2=O)c2nc4ccccc4nc2n3Cc2ccccc2)cc1. The molecule has 0 saturated carbocycles. The highest BCUT2D eigenvalue weighted by Crippen LogP contribution is 2.26. The highest BCUT2D eigenvalue weighted by atomic mass is 16.5. The van der Waals surface area contributed by atoms with Crippen molar-refractivity contribution in [3.8, 4) is 11.4 Å². The van der Waals surface area contributed by atoms with Gasteiger partial charge in [-0.3, -0.25) is 9.36 Å². The Hall–Kier alpha value is -4.52. The molecule has 0 atom stereocenters. The van der Waals surface area contributed by atoms with Gasteiger partial charge in [0.05, 0.1) is 30.4 Å². The smallest absolute Gasteiger partial charge is 0.269 e. The number of hydrogen-bond donors (Lipinski definition) is 0. The summed E-state index contributed by atoms with van der Waals surface area (Å²) in [6, 6.07) is 25.0. The fourth-order valence-electron chi connectivity index (χ4n) is 4.15. The molecule has 0 fully saturated rings. The Morgan fingerprint density at radius 1 is 0.818 bits per heavy atom. The molecule has 0 saturated heterocycles. The lowest BCUT2D eigenvalue weighted by Gasteiger charge is -2.08. The highest BCUT2D eigenvalue weighted by Gasteiger charge is 2.20. The van der Waals surface area contributed by atoms with Crippen molar-refractivity contribution in [2.24, 2.45) is 0 Å². The minimum atomic E-state index is -0.188. The Bertz CT molecular complexity index is 1690. The molecule has 3 heterocycles. The Kier molecular flexibility index (Phi) is 4.40. The number of hydrogen-bond acceptors (Lipinski definition) is 5. The lowest BCUT2D eigenvalue weighted by molar-refractivity contribution is 0.414. The van der Waals surface area contributed by atoms with Crippen LogP contribution in [0.4, 0.5) is 0 Å². The van der Waals surface area contributed by atoms with Crippen LogP contribution in [0.1, 0.15) is 5.56 Å². The van der Waals surface area contributed by atoms with Crippen molar-refractivity contribution < 1.29 is 4.74 Å². The van der Waals surface area contributed by atoms with E-state index < -0.39 is 0 Å². The summed E-state index contributed by atoms with van der Waals surface area (Å²) in [5.74, 6) is 0.720. The number of rotatable bonds is 4. The molecule has 7 heteroatoms. The molecule has 33 heavy (non-hydrogen) atoms. The topological polar surface area (TPSA) is 74.8 Å². The van der Waals surface area contributed by atoms with Gasteiger partial charge in [0, 0.05) is 0 Å². The molecule has 0 radical (unpaired) electrons. The number of methoxy groups -OCH3 is 1. The molecule has 7 nitrogen and oxygen atoms in total. The van der Waals surface area contributed by atoms with E-state index in [-0.39, 0.29) is 5.56 Å². The van der Waals surface area contributed by atoms with E-state index >= 15 is 0 Å². The second-order valence-corrected chi connectivity index (χ2v) is 7.77. The Balaban J connectivity index is 1.66. The zero-order chi connectivity index (χ0) is 22.4. The summed E-state index contributed by atoms with van der Waals surface area (Å²) < 4.78 is 8.74. The van der Waals surface area contributed by atoms with E-state index in [0.717, 1.165) is 22.3 Å². The van der Waals surface area contributed by atoms with Gasteiger partial charge in [0.2, 0.25) is 0 Å². The molecule has 0 amide bonds. The summed E-state index contributed by atoms with van der Waals surface area (Å²) in [5, 5.41) is 0.456. The van der Waals surface area contributed by atoms with E-state index in [9.17, 15) is 4.79 Å². The first kappa shape index (κ1) is 19.2. The van der Waals surface area contributed by atoms with Crippen LogP contribution in [0.15, 0.2) is 90.0 Å². The minimum Gasteiger partial charge on any atom is -0.497 e. The quantitative estimate of drug-likeness (QED) is 0.413. The second kappa shape index (κ2) is 7.56. The van der Waals surface area contributed by atoms with Crippen LogP contribution in [-0.4, -0.2) is 31.2 Å². The molecule has 160 valence electrons. The second-order valence-electron chi connectivity index (χ2n) is 7.77. The fraction of sp³-hybridized carbons (Fsp3) is 0.0769. The summed E-state index contributed by atoms with van der Waals surface area (Å²) in [7, 11) is 1.61. The zero-order valence-electron chi connectivity index (χ0n) is 17.8. The van der Waals surface area contributed by atoms with Gasteiger partial charge >= 0.3 is 0 Å². The monoisotopic (exact) mass is 433 g/mol. The van der Waals surface area contributed by atoms with Crippen molar-refractivity contribution in [3.63, 3.8) is 0 Å². The van der Waals surface area contributed by atoms with Crippen LogP contribution in [-0.2, 0) is 6.54 Å². The summed E-state index contributed by atoms with van der Waals surface area (Å²) in [6.45, 7) is 0.535. The molecule has 3 aromatic heterocycles. The molecule has 3 aromatic carbocycles. The third-order valence-corrected chi connectivity index (χ3v) is 5.79.